The van der Waals surface area contributed by atoms with Crippen molar-refractivity contribution >= 4 is 11.9 Å². The van der Waals surface area contributed by atoms with Crippen LogP contribution >= 0.6 is 0 Å². The number of carboxylic acids is 1. The van der Waals surface area contributed by atoms with Gasteiger partial charge in [0.1, 0.15) is 6.54 Å². The number of hydrogen-bond acceptors (Lipinski definition) is 3. The molecular formula is C15H21NO4. The standard InChI is InChI=1S/C15H21NO4/c1-11(2)12-4-6-13(7-5-12)15(19)16(8-9-20-3)10-14(17)18/h4-7,11H,8-10H2,1-3H3,(H,17,18). The highest BCUT2D eigenvalue weighted by atomic mass is 16.5. The second kappa shape index (κ2) is 7.65. The third kappa shape index (κ3) is 4.66. The van der Waals surface area contributed by atoms with Gasteiger partial charge in [0.2, 0.25) is 0 Å². The molecule has 20 heavy (non-hydrogen) atoms. The van der Waals surface area contributed by atoms with Gasteiger partial charge in [0.15, 0.2) is 0 Å². The molecule has 0 fully saturated rings. The van der Waals surface area contributed by atoms with Gasteiger partial charge in [-0.1, -0.05) is 26.0 Å². The first kappa shape index (κ1) is 16.2. The Morgan fingerprint density at radius 2 is 1.85 bits per heavy atom. The van der Waals surface area contributed by atoms with Gasteiger partial charge in [0.25, 0.3) is 5.91 Å². The molecule has 0 aromatic heterocycles. The molecule has 0 radical (unpaired) electrons. The number of rotatable bonds is 7. The van der Waals surface area contributed by atoms with Crippen LogP contribution in [0.1, 0.15) is 35.7 Å². The zero-order valence-electron chi connectivity index (χ0n) is 12.1. The zero-order valence-corrected chi connectivity index (χ0v) is 12.1. The number of benzene rings is 1. The van der Waals surface area contributed by atoms with E-state index in [0.29, 0.717) is 18.1 Å². The van der Waals surface area contributed by atoms with E-state index in [9.17, 15) is 9.59 Å². The van der Waals surface area contributed by atoms with E-state index in [1.165, 1.54) is 12.0 Å². The van der Waals surface area contributed by atoms with Gasteiger partial charge in [-0.25, -0.2) is 0 Å². The molecule has 0 aliphatic carbocycles. The van der Waals surface area contributed by atoms with E-state index in [1.807, 2.05) is 12.1 Å². The second-order valence-corrected chi connectivity index (χ2v) is 4.89. The van der Waals surface area contributed by atoms with Crippen LogP contribution in [0.15, 0.2) is 24.3 Å². The van der Waals surface area contributed by atoms with Crippen molar-refractivity contribution in [3.63, 3.8) is 0 Å². The smallest absolute Gasteiger partial charge is 0.323 e. The third-order valence-electron chi connectivity index (χ3n) is 3.00. The lowest BCUT2D eigenvalue weighted by atomic mass is 10.0. The van der Waals surface area contributed by atoms with E-state index in [-0.39, 0.29) is 19.0 Å². The van der Waals surface area contributed by atoms with E-state index < -0.39 is 5.97 Å². The van der Waals surface area contributed by atoms with Gasteiger partial charge in [-0.2, -0.15) is 0 Å². The fourth-order valence-electron chi connectivity index (χ4n) is 1.81. The number of carbonyl (C=O) groups is 2. The van der Waals surface area contributed by atoms with E-state index in [2.05, 4.69) is 13.8 Å². The van der Waals surface area contributed by atoms with Gasteiger partial charge < -0.3 is 14.7 Å². The summed E-state index contributed by atoms with van der Waals surface area (Å²) < 4.78 is 4.90. The molecule has 0 spiro atoms. The molecule has 1 amide bonds. The molecule has 0 unspecified atom stereocenters. The molecule has 5 nitrogen and oxygen atoms in total. The lowest BCUT2D eigenvalue weighted by Gasteiger charge is -2.20. The number of carboxylic acid groups (broad SMARTS) is 1. The molecule has 0 aliphatic rings. The van der Waals surface area contributed by atoms with E-state index in [4.69, 9.17) is 9.84 Å². The minimum absolute atomic E-state index is 0.258. The summed E-state index contributed by atoms with van der Waals surface area (Å²) in [6.07, 6.45) is 0. The molecule has 1 rings (SSSR count). The molecule has 1 aromatic rings. The summed E-state index contributed by atoms with van der Waals surface area (Å²) in [6, 6.07) is 7.26. The summed E-state index contributed by atoms with van der Waals surface area (Å²) >= 11 is 0. The Kier molecular flexibility index (Phi) is 6.18. The van der Waals surface area contributed by atoms with E-state index >= 15 is 0 Å². The third-order valence-corrected chi connectivity index (χ3v) is 3.00. The van der Waals surface area contributed by atoms with Crippen LogP contribution in [-0.2, 0) is 9.53 Å². The summed E-state index contributed by atoms with van der Waals surface area (Å²) in [5.74, 6) is -0.934. The molecule has 0 saturated heterocycles. The molecule has 0 atom stereocenters. The largest absolute Gasteiger partial charge is 0.480 e. The number of carbonyl (C=O) groups excluding carboxylic acids is 1. The quantitative estimate of drug-likeness (QED) is 0.828. The van der Waals surface area contributed by atoms with Crippen molar-refractivity contribution in [2.24, 2.45) is 0 Å². The van der Waals surface area contributed by atoms with E-state index in [0.717, 1.165) is 5.56 Å². The summed E-state index contributed by atoms with van der Waals surface area (Å²) in [6.45, 7) is 4.39. The molecular weight excluding hydrogens is 258 g/mol. The van der Waals surface area contributed by atoms with Crippen LogP contribution < -0.4 is 0 Å². The van der Waals surface area contributed by atoms with Crippen molar-refractivity contribution in [1.82, 2.24) is 4.90 Å². The Morgan fingerprint density at radius 3 is 2.30 bits per heavy atom. The molecule has 1 N–H and O–H groups in total. The van der Waals surface area contributed by atoms with Crippen LogP contribution in [0.5, 0.6) is 0 Å². The first-order valence-electron chi connectivity index (χ1n) is 6.55. The van der Waals surface area contributed by atoms with Crippen molar-refractivity contribution in [3.8, 4) is 0 Å². The number of methoxy groups -OCH3 is 1. The van der Waals surface area contributed by atoms with Crippen molar-refractivity contribution in [3.05, 3.63) is 35.4 Å². The molecule has 5 heteroatoms. The maximum atomic E-state index is 12.3. The Labute approximate surface area is 119 Å². The maximum Gasteiger partial charge on any atom is 0.323 e. The highest BCUT2D eigenvalue weighted by molar-refractivity contribution is 5.95. The highest BCUT2D eigenvalue weighted by Gasteiger charge is 2.18. The summed E-state index contributed by atoms with van der Waals surface area (Å²) in [5.41, 5.74) is 1.63. The van der Waals surface area contributed by atoms with E-state index in [1.54, 1.807) is 12.1 Å². The topological polar surface area (TPSA) is 66.8 Å². The Balaban J connectivity index is 2.84. The average molecular weight is 279 g/mol. The van der Waals surface area contributed by atoms with Crippen molar-refractivity contribution in [1.29, 1.82) is 0 Å². The fraction of sp³-hybridized carbons (Fsp3) is 0.467. The van der Waals surface area contributed by atoms with Crippen molar-refractivity contribution in [2.75, 3.05) is 26.8 Å². The van der Waals surface area contributed by atoms with Crippen LogP contribution in [0.2, 0.25) is 0 Å². The van der Waals surface area contributed by atoms with Crippen LogP contribution in [0.25, 0.3) is 0 Å². The SMILES string of the molecule is COCCN(CC(=O)O)C(=O)c1ccc(C(C)C)cc1. The van der Waals surface area contributed by atoms with Crippen LogP contribution in [0.4, 0.5) is 0 Å². The van der Waals surface area contributed by atoms with Gasteiger partial charge >= 0.3 is 5.97 Å². The molecule has 110 valence electrons. The summed E-state index contributed by atoms with van der Waals surface area (Å²) in [5, 5.41) is 8.86. The Hall–Kier alpha value is -1.88. The molecule has 0 bridgehead atoms. The van der Waals surface area contributed by atoms with Crippen LogP contribution in [0.3, 0.4) is 0 Å². The summed E-state index contributed by atoms with van der Waals surface area (Å²) in [4.78, 5) is 24.4. The Bertz CT molecular complexity index is 453. The first-order valence-corrected chi connectivity index (χ1v) is 6.55. The number of ether oxygens (including phenoxy) is 1. The molecule has 0 heterocycles. The van der Waals surface area contributed by atoms with Crippen LogP contribution in [0, 0.1) is 0 Å². The number of nitrogens with zero attached hydrogens (tertiary/aromatic N) is 1. The normalized spacial score (nSPS) is 10.6. The fourth-order valence-corrected chi connectivity index (χ4v) is 1.81. The van der Waals surface area contributed by atoms with Crippen molar-refractivity contribution < 1.29 is 19.4 Å². The number of hydrogen-bond donors (Lipinski definition) is 1. The van der Waals surface area contributed by atoms with Gasteiger partial charge in [0, 0.05) is 19.2 Å². The predicted octanol–water partition coefficient (Wildman–Crippen LogP) is 1.98. The first-order chi connectivity index (χ1) is 9.45. The zero-order chi connectivity index (χ0) is 15.1. The Morgan fingerprint density at radius 1 is 1.25 bits per heavy atom. The van der Waals surface area contributed by atoms with Gasteiger partial charge in [0.05, 0.1) is 6.61 Å². The maximum absolute atomic E-state index is 12.3. The number of amides is 1. The minimum Gasteiger partial charge on any atom is -0.480 e. The van der Waals surface area contributed by atoms with Crippen LogP contribution in [-0.4, -0.2) is 48.7 Å². The lowest BCUT2D eigenvalue weighted by Crippen LogP contribution is -2.38. The van der Waals surface area contributed by atoms with Gasteiger partial charge in [-0.15, -0.1) is 0 Å². The minimum atomic E-state index is -1.03. The predicted molar refractivity (Wildman–Crippen MR) is 75.9 cm³/mol. The molecule has 0 saturated carbocycles. The lowest BCUT2D eigenvalue weighted by molar-refractivity contribution is -0.137. The second-order valence-electron chi connectivity index (χ2n) is 4.89. The number of aliphatic carboxylic acids is 1. The summed E-state index contributed by atoms with van der Waals surface area (Å²) in [7, 11) is 1.51. The van der Waals surface area contributed by atoms with Gasteiger partial charge in [-0.3, -0.25) is 9.59 Å². The van der Waals surface area contributed by atoms with Gasteiger partial charge in [-0.05, 0) is 23.6 Å². The average Bonchev–Trinajstić information content (AvgIpc) is 2.42. The highest BCUT2D eigenvalue weighted by Crippen LogP contribution is 2.15. The van der Waals surface area contributed by atoms with Crippen molar-refractivity contribution in [2.45, 2.75) is 19.8 Å². The molecule has 1 aromatic carbocycles. The molecule has 0 aliphatic heterocycles. The monoisotopic (exact) mass is 279 g/mol.